The van der Waals surface area contributed by atoms with Crippen LogP contribution in [0.3, 0.4) is 0 Å². The van der Waals surface area contributed by atoms with Gasteiger partial charge in [0.1, 0.15) is 0 Å². The first kappa shape index (κ1) is 16.7. The molecule has 1 aromatic rings. The molecule has 1 aliphatic carbocycles. The first-order chi connectivity index (χ1) is 10.3. The Labute approximate surface area is 131 Å². The number of nitrogens with zero attached hydrogens (tertiary/aromatic N) is 2. The quantitative estimate of drug-likeness (QED) is 0.709. The zero-order chi connectivity index (χ0) is 15.1. The lowest BCUT2D eigenvalue weighted by atomic mass is 9.99. The summed E-state index contributed by atoms with van der Waals surface area (Å²) in [4.78, 5) is 8.35. The van der Waals surface area contributed by atoms with E-state index in [1.165, 1.54) is 10.6 Å². The molecule has 0 saturated heterocycles. The van der Waals surface area contributed by atoms with E-state index >= 15 is 0 Å². The van der Waals surface area contributed by atoms with Gasteiger partial charge in [-0.2, -0.15) is 0 Å². The molecule has 0 aliphatic heterocycles. The second-order valence-electron chi connectivity index (χ2n) is 5.19. The molecule has 2 rings (SSSR count). The van der Waals surface area contributed by atoms with Crippen LogP contribution in [0.5, 0.6) is 0 Å². The van der Waals surface area contributed by atoms with E-state index in [0.29, 0.717) is 0 Å². The maximum Gasteiger partial charge on any atom is 0.185 e. The molecule has 1 aromatic heterocycles. The number of aromatic nitrogens is 1. The monoisotopic (exact) mass is 313 g/mol. The molecule has 0 amide bonds. The highest BCUT2D eigenvalue weighted by Crippen LogP contribution is 2.36. The van der Waals surface area contributed by atoms with Crippen LogP contribution in [0.15, 0.2) is 0 Å². The van der Waals surface area contributed by atoms with Gasteiger partial charge in [0.2, 0.25) is 0 Å². The van der Waals surface area contributed by atoms with Crippen LogP contribution < -0.4 is 10.6 Å². The largest absolute Gasteiger partial charge is 0.380 e. The van der Waals surface area contributed by atoms with Gasteiger partial charge in [-0.3, -0.25) is 0 Å². The number of fused-ring (bicyclic) bond motifs is 1. The van der Waals surface area contributed by atoms with E-state index in [0.717, 1.165) is 63.9 Å². The minimum atomic E-state index is 0.167. The van der Waals surface area contributed by atoms with Crippen molar-refractivity contribution in [3.05, 3.63) is 10.6 Å². The van der Waals surface area contributed by atoms with E-state index in [1.807, 2.05) is 13.8 Å². The second kappa shape index (κ2) is 8.68. The normalized spacial score (nSPS) is 17.8. The van der Waals surface area contributed by atoms with Crippen molar-refractivity contribution in [2.75, 3.05) is 44.4 Å². The van der Waals surface area contributed by atoms with Gasteiger partial charge in [-0.25, -0.2) is 4.98 Å². The Bertz CT molecular complexity index is 415. The minimum absolute atomic E-state index is 0.167. The predicted molar refractivity (Wildman–Crippen MR) is 87.2 cm³/mol. The second-order valence-corrected chi connectivity index (χ2v) is 6.20. The standard InChI is InChI=1S/C15H27N3O2S/c1-3-19-10-8-18(9-11-20-4-2)15-17-13-7-5-6-12(16)14(13)21-15/h12H,3-11,16H2,1-2H3. The van der Waals surface area contributed by atoms with Crippen LogP contribution in [-0.2, 0) is 15.9 Å². The van der Waals surface area contributed by atoms with E-state index in [-0.39, 0.29) is 6.04 Å². The summed E-state index contributed by atoms with van der Waals surface area (Å²) in [6, 6.07) is 0.167. The van der Waals surface area contributed by atoms with Crippen molar-refractivity contribution in [3.8, 4) is 0 Å². The summed E-state index contributed by atoms with van der Waals surface area (Å²) >= 11 is 1.75. The molecule has 1 unspecified atom stereocenters. The molecule has 120 valence electrons. The molecule has 0 bridgehead atoms. The summed E-state index contributed by atoms with van der Waals surface area (Å²) in [5.74, 6) is 0. The Hall–Kier alpha value is -0.690. The summed E-state index contributed by atoms with van der Waals surface area (Å²) in [7, 11) is 0. The molecule has 0 saturated carbocycles. The molecule has 1 aliphatic rings. The van der Waals surface area contributed by atoms with Gasteiger partial charge in [0, 0.05) is 37.2 Å². The topological polar surface area (TPSA) is 60.6 Å². The third kappa shape index (κ3) is 4.64. The Balaban J connectivity index is 2.03. The molecule has 6 heteroatoms. The highest BCUT2D eigenvalue weighted by atomic mass is 32.1. The fourth-order valence-corrected chi connectivity index (χ4v) is 3.72. The highest BCUT2D eigenvalue weighted by Gasteiger charge is 2.23. The number of thiazole rings is 1. The predicted octanol–water partition coefficient (Wildman–Crippen LogP) is 2.36. The van der Waals surface area contributed by atoms with Gasteiger partial charge in [-0.1, -0.05) is 11.3 Å². The molecule has 0 fully saturated rings. The Kier molecular flexibility index (Phi) is 6.89. The van der Waals surface area contributed by atoms with Gasteiger partial charge in [0.15, 0.2) is 5.13 Å². The van der Waals surface area contributed by atoms with Crippen molar-refractivity contribution in [1.82, 2.24) is 4.98 Å². The number of hydrogen-bond acceptors (Lipinski definition) is 6. The fourth-order valence-electron chi connectivity index (χ4n) is 2.52. The van der Waals surface area contributed by atoms with Crippen LogP contribution in [-0.4, -0.2) is 44.5 Å². The van der Waals surface area contributed by atoms with Crippen LogP contribution in [0, 0.1) is 0 Å². The lowest BCUT2D eigenvalue weighted by Gasteiger charge is -2.21. The number of hydrogen-bond donors (Lipinski definition) is 1. The van der Waals surface area contributed by atoms with Gasteiger partial charge in [-0.05, 0) is 33.1 Å². The van der Waals surface area contributed by atoms with Gasteiger partial charge >= 0.3 is 0 Å². The van der Waals surface area contributed by atoms with Gasteiger partial charge < -0.3 is 20.1 Å². The van der Waals surface area contributed by atoms with Gasteiger partial charge in [-0.15, -0.1) is 0 Å². The molecule has 0 spiro atoms. The first-order valence-electron chi connectivity index (χ1n) is 7.91. The molecule has 5 nitrogen and oxygen atoms in total. The molecular weight excluding hydrogens is 286 g/mol. The van der Waals surface area contributed by atoms with Gasteiger partial charge in [0.25, 0.3) is 0 Å². The van der Waals surface area contributed by atoms with Crippen LogP contribution in [0.25, 0.3) is 0 Å². The molecule has 1 heterocycles. The zero-order valence-electron chi connectivity index (χ0n) is 13.1. The van der Waals surface area contributed by atoms with Crippen LogP contribution >= 0.6 is 11.3 Å². The van der Waals surface area contributed by atoms with E-state index in [2.05, 4.69) is 4.90 Å². The zero-order valence-corrected chi connectivity index (χ0v) is 14.0. The maximum absolute atomic E-state index is 6.21. The Morgan fingerprint density at radius 2 is 1.90 bits per heavy atom. The summed E-state index contributed by atoms with van der Waals surface area (Å²) in [5.41, 5.74) is 7.41. The lowest BCUT2D eigenvalue weighted by Crippen LogP contribution is -2.31. The van der Waals surface area contributed by atoms with E-state index in [1.54, 1.807) is 11.3 Å². The van der Waals surface area contributed by atoms with E-state index < -0.39 is 0 Å². The number of aryl methyl sites for hydroxylation is 1. The molecule has 21 heavy (non-hydrogen) atoms. The van der Waals surface area contributed by atoms with Crippen LogP contribution in [0.1, 0.15) is 43.3 Å². The van der Waals surface area contributed by atoms with Crippen molar-refractivity contribution < 1.29 is 9.47 Å². The minimum Gasteiger partial charge on any atom is -0.380 e. The Morgan fingerprint density at radius 1 is 1.24 bits per heavy atom. The maximum atomic E-state index is 6.21. The SMILES string of the molecule is CCOCCN(CCOCC)c1nc2c(s1)C(N)CCC2. The van der Waals surface area contributed by atoms with Crippen molar-refractivity contribution in [2.24, 2.45) is 5.73 Å². The summed E-state index contributed by atoms with van der Waals surface area (Å²) in [5, 5.41) is 1.07. The Morgan fingerprint density at radius 3 is 2.48 bits per heavy atom. The lowest BCUT2D eigenvalue weighted by molar-refractivity contribution is 0.141. The third-order valence-electron chi connectivity index (χ3n) is 3.67. The average Bonchev–Trinajstić information content (AvgIpc) is 2.91. The summed E-state index contributed by atoms with van der Waals surface area (Å²) < 4.78 is 11.0. The average molecular weight is 313 g/mol. The smallest absolute Gasteiger partial charge is 0.185 e. The molecule has 0 radical (unpaired) electrons. The molecule has 2 N–H and O–H groups in total. The number of ether oxygens (including phenoxy) is 2. The molecule has 1 atom stereocenters. The van der Waals surface area contributed by atoms with Crippen molar-refractivity contribution >= 4 is 16.5 Å². The fraction of sp³-hybridized carbons (Fsp3) is 0.800. The number of rotatable bonds is 9. The number of nitrogens with two attached hydrogens (primary N) is 1. The summed E-state index contributed by atoms with van der Waals surface area (Å²) in [6.45, 7) is 8.68. The number of anilines is 1. The van der Waals surface area contributed by atoms with Gasteiger partial charge in [0.05, 0.1) is 18.9 Å². The third-order valence-corrected chi connectivity index (χ3v) is 4.96. The molecular formula is C15H27N3O2S. The van der Waals surface area contributed by atoms with E-state index in [4.69, 9.17) is 20.2 Å². The highest BCUT2D eigenvalue weighted by molar-refractivity contribution is 7.15. The molecule has 0 aromatic carbocycles. The van der Waals surface area contributed by atoms with Crippen molar-refractivity contribution in [3.63, 3.8) is 0 Å². The van der Waals surface area contributed by atoms with Crippen LogP contribution in [0.2, 0.25) is 0 Å². The summed E-state index contributed by atoms with van der Waals surface area (Å²) in [6.07, 6.45) is 3.28. The first-order valence-corrected chi connectivity index (χ1v) is 8.73. The van der Waals surface area contributed by atoms with Crippen molar-refractivity contribution in [2.45, 2.75) is 39.2 Å². The van der Waals surface area contributed by atoms with Crippen molar-refractivity contribution in [1.29, 1.82) is 0 Å². The van der Waals surface area contributed by atoms with E-state index in [9.17, 15) is 0 Å². The van der Waals surface area contributed by atoms with Crippen LogP contribution in [0.4, 0.5) is 5.13 Å².